The topological polar surface area (TPSA) is 108 Å². The van der Waals surface area contributed by atoms with Gasteiger partial charge in [0.05, 0.1) is 23.7 Å². The largest absolute Gasteiger partial charge is 0.496 e. The Bertz CT molecular complexity index is 1000. The summed E-state index contributed by atoms with van der Waals surface area (Å²) in [5.74, 6) is -0.677. The van der Waals surface area contributed by atoms with Crippen molar-refractivity contribution in [2.24, 2.45) is 0 Å². The maximum atomic E-state index is 13.0. The van der Waals surface area contributed by atoms with Gasteiger partial charge in [0.25, 0.3) is 11.6 Å². The number of carbonyl (C=O) groups is 2. The van der Waals surface area contributed by atoms with Gasteiger partial charge in [-0.3, -0.25) is 14.9 Å². The van der Waals surface area contributed by atoms with Crippen LogP contribution in [-0.4, -0.2) is 29.5 Å². The highest BCUT2D eigenvalue weighted by Gasteiger charge is 2.43. The van der Waals surface area contributed by atoms with E-state index in [1.165, 1.54) is 32.2 Å². The van der Waals surface area contributed by atoms with Gasteiger partial charge in [-0.2, -0.15) is 0 Å². The van der Waals surface area contributed by atoms with Crippen molar-refractivity contribution in [1.82, 2.24) is 0 Å². The summed E-state index contributed by atoms with van der Waals surface area (Å²) in [6, 6.07) is 9.58. The lowest BCUT2D eigenvalue weighted by molar-refractivity contribution is -0.384. The fraction of sp³-hybridized carbons (Fsp3) is 0.333. The van der Waals surface area contributed by atoms with Gasteiger partial charge in [-0.25, -0.2) is 4.79 Å². The maximum absolute atomic E-state index is 13.0. The van der Waals surface area contributed by atoms with Crippen LogP contribution in [0.25, 0.3) is 0 Å². The molecule has 0 saturated carbocycles. The zero-order valence-corrected chi connectivity index (χ0v) is 16.6. The molecule has 0 aliphatic carbocycles. The van der Waals surface area contributed by atoms with Crippen LogP contribution in [0.1, 0.15) is 48.2 Å². The van der Waals surface area contributed by atoms with Gasteiger partial charge in [-0.15, -0.1) is 0 Å². The summed E-state index contributed by atoms with van der Waals surface area (Å²) in [7, 11) is 1.39. The van der Waals surface area contributed by atoms with E-state index in [9.17, 15) is 19.7 Å². The Morgan fingerprint density at radius 1 is 1.28 bits per heavy atom. The fourth-order valence-electron chi connectivity index (χ4n) is 3.25. The second kappa shape index (κ2) is 7.54. The van der Waals surface area contributed by atoms with Gasteiger partial charge < -0.3 is 14.8 Å². The lowest BCUT2D eigenvalue weighted by Gasteiger charge is -2.33. The molecule has 152 valence electrons. The first-order chi connectivity index (χ1) is 13.6. The van der Waals surface area contributed by atoms with E-state index in [0.29, 0.717) is 16.9 Å². The second-order valence-corrected chi connectivity index (χ2v) is 7.46. The first-order valence-electron chi connectivity index (χ1n) is 9.14. The van der Waals surface area contributed by atoms with Crippen molar-refractivity contribution in [3.05, 3.63) is 63.2 Å². The Morgan fingerprint density at radius 3 is 2.62 bits per heavy atom. The number of rotatable bonds is 5. The van der Waals surface area contributed by atoms with E-state index in [1.54, 1.807) is 6.07 Å². The number of fused-ring (bicyclic) bond motifs is 1. The number of nitrogens with zero attached hydrogens (tertiary/aromatic N) is 1. The van der Waals surface area contributed by atoms with Crippen molar-refractivity contribution >= 4 is 23.3 Å². The van der Waals surface area contributed by atoms with Gasteiger partial charge in [0.15, 0.2) is 5.60 Å². The molecule has 0 aromatic heterocycles. The average molecular weight is 398 g/mol. The number of esters is 1. The highest BCUT2D eigenvalue weighted by Crippen LogP contribution is 2.34. The Labute approximate surface area is 168 Å². The van der Waals surface area contributed by atoms with Crippen molar-refractivity contribution < 1.29 is 24.0 Å². The third-order valence-electron chi connectivity index (χ3n) is 4.99. The van der Waals surface area contributed by atoms with Gasteiger partial charge in [-0.1, -0.05) is 26.0 Å². The second-order valence-electron chi connectivity index (χ2n) is 7.46. The normalized spacial score (nSPS) is 18.0. The summed E-state index contributed by atoms with van der Waals surface area (Å²) in [6.45, 7) is 5.58. The fourth-order valence-corrected chi connectivity index (χ4v) is 3.25. The molecule has 0 spiro atoms. The molecule has 1 heterocycles. The third-order valence-corrected chi connectivity index (χ3v) is 4.99. The molecule has 3 rings (SSSR count). The first kappa shape index (κ1) is 20.3. The van der Waals surface area contributed by atoms with Crippen LogP contribution in [0.5, 0.6) is 5.75 Å². The molecule has 29 heavy (non-hydrogen) atoms. The monoisotopic (exact) mass is 398 g/mol. The Morgan fingerprint density at radius 2 is 2.00 bits per heavy atom. The quantitative estimate of drug-likeness (QED) is 0.466. The summed E-state index contributed by atoms with van der Waals surface area (Å²) in [4.78, 5) is 36.2. The minimum Gasteiger partial charge on any atom is -0.496 e. The number of carbonyl (C=O) groups excluding carboxylic acids is 2. The molecule has 0 saturated heterocycles. The molecular formula is C21H22N2O6. The number of nitrogens with one attached hydrogen (secondary N) is 1. The number of ether oxygens (including phenoxy) is 2. The molecule has 0 fully saturated rings. The third kappa shape index (κ3) is 3.91. The Balaban J connectivity index is 1.91. The number of cyclic esters (lactones) is 1. The number of nitro benzene ring substituents is 1. The first-order valence-corrected chi connectivity index (χ1v) is 9.14. The van der Waals surface area contributed by atoms with E-state index in [-0.39, 0.29) is 23.7 Å². The molecule has 2 aromatic carbocycles. The molecule has 0 radical (unpaired) electrons. The van der Waals surface area contributed by atoms with Gasteiger partial charge in [0, 0.05) is 6.42 Å². The number of benzene rings is 2. The van der Waals surface area contributed by atoms with E-state index < -0.39 is 22.4 Å². The average Bonchev–Trinajstić information content (AvgIpc) is 2.67. The summed E-state index contributed by atoms with van der Waals surface area (Å²) in [5, 5.41) is 13.9. The number of nitro groups is 1. The van der Waals surface area contributed by atoms with E-state index >= 15 is 0 Å². The number of amides is 1. The Kier molecular flexibility index (Phi) is 5.28. The highest BCUT2D eigenvalue weighted by molar-refractivity contribution is 6.03. The molecule has 1 atom stereocenters. The summed E-state index contributed by atoms with van der Waals surface area (Å²) < 4.78 is 10.4. The van der Waals surface area contributed by atoms with Crippen LogP contribution in [-0.2, 0) is 16.0 Å². The predicted octanol–water partition coefficient (Wildman–Crippen LogP) is 3.84. The number of anilines is 1. The zero-order valence-electron chi connectivity index (χ0n) is 16.6. The van der Waals surface area contributed by atoms with Crippen LogP contribution < -0.4 is 10.1 Å². The van der Waals surface area contributed by atoms with Crippen LogP contribution in [0.4, 0.5) is 11.4 Å². The minimum absolute atomic E-state index is 0.000183. The molecule has 1 aliphatic heterocycles. The van der Waals surface area contributed by atoms with Gasteiger partial charge in [0.1, 0.15) is 11.4 Å². The number of methoxy groups -OCH3 is 1. The van der Waals surface area contributed by atoms with Crippen LogP contribution in [0.3, 0.4) is 0 Å². The summed E-state index contributed by atoms with van der Waals surface area (Å²) >= 11 is 0. The number of hydrogen-bond donors (Lipinski definition) is 1. The van der Waals surface area contributed by atoms with E-state index in [2.05, 4.69) is 5.32 Å². The van der Waals surface area contributed by atoms with E-state index in [4.69, 9.17) is 9.47 Å². The van der Waals surface area contributed by atoms with Crippen LogP contribution in [0.2, 0.25) is 0 Å². The molecule has 1 N–H and O–H groups in total. The van der Waals surface area contributed by atoms with Crippen LogP contribution >= 0.6 is 0 Å². The molecule has 8 heteroatoms. The number of hydrogen-bond acceptors (Lipinski definition) is 6. The molecule has 2 aromatic rings. The van der Waals surface area contributed by atoms with Gasteiger partial charge in [0.2, 0.25) is 0 Å². The molecule has 0 bridgehead atoms. The SMILES string of the molecule is COc1ccc(NC(=O)C2(C)Cc3cc(C(C)C)ccc3C(=O)O2)c([N+](=O)[O-])c1. The van der Waals surface area contributed by atoms with Crippen molar-refractivity contribution in [2.75, 3.05) is 12.4 Å². The van der Waals surface area contributed by atoms with Crippen LogP contribution in [0.15, 0.2) is 36.4 Å². The van der Waals surface area contributed by atoms with Crippen molar-refractivity contribution in [2.45, 2.75) is 38.7 Å². The van der Waals surface area contributed by atoms with Crippen molar-refractivity contribution in [1.29, 1.82) is 0 Å². The maximum Gasteiger partial charge on any atom is 0.339 e. The van der Waals surface area contributed by atoms with Gasteiger partial charge in [-0.05, 0) is 42.2 Å². The lowest BCUT2D eigenvalue weighted by Crippen LogP contribution is -2.49. The molecule has 1 unspecified atom stereocenters. The van der Waals surface area contributed by atoms with Gasteiger partial charge >= 0.3 is 5.97 Å². The lowest BCUT2D eigenvalue weighted by atomic mass is 9.86. The summed E-state index contributed by atoms with van der Waals surface area (Å²) in [5.41, 5.74) is 0.384. The molecule has 8 nitrogen and oxygen atoms in total. The molecular weight excluding hydrogens is 376 g/mol. The highest BCUT2D eigenvalue weighted by atomic mass is 16.6. The standard InChI is InChI=1S/C21H22N2O6/c1-12(2)13-5-7-16-14(9-13)11-21(3,29-19(16)24)20(25)22-17-8-6-15(28-4)10-18(17)23(26)27/h5-10,12H,11H2,1-4H3,(H,22,25). The molecule has 1 aliphatic rings. The molecule has 1 amide bonds. The van der Waals surface area contributed by atoms with E-state index in [1.807, 2.05) is 26.0 Å². The van der Waals surface area contributed by atoms with E-state index in [0.717, 1.165) is 5.56 Å². The Hall–Kier alpha value is -3.42. The smallest absolute Gasteiger partial charge is 0.339 e. The summed E-state index contributed by atoms with van der Waals surface area (Å²) in [6.07, 6.45) is 0.171. The van der Waals surface area contributed by atoms with Crippen LogP contribution in [0, 0.1) is 10.1 Å². The predicted molar refractivity (Wildman–Crippen MR) is 106 cm³/mol. The zero-order chi connectivity index (χ0) is 21.3. The van der Waals surface area contributed by atoms with Crippen molar-refractivity contribution in [3.63, 3.8) is 0 Å². The van der Waals surface area contributed by atoms with Crippen molar-refractivity contribution in [3.8, 4) is 5.75 Å². The minimum atomic E-state index is -1.49.